The first-order chi connectivity index (χ1) is 10.5. The van der Waals surface area contributed by atoms with Gasteiger partial charge in [0.15, 0.2) is 5.13 Å². The van der Waals surface area contributed by atoms with E-state index >= 15 is 0 Å². The summed E-state index contributed by atoms with van der Waals surface area (Å²) in [5, 5.41) is 7.40. The van der Waals surface area contributed by atoms with Crippen LogP contribution < -0.4 is 10.6 Å². The summed E-state index contributed by atoms with van der Waals surface area (Å²) in [7, 11) is 3.83. The lowest BCUT2D eigenvalue weighted by atomic mass is 10.2. The standard InChI is InChI=1S/C14H18N4O3S/c1-9(19)16-14-17-10(8-22-14)13(20)15-7-11(18(2)3)12-5-4-6-21-12/h4-6,8,11H,7H2,1-3H3,(H,15,20)(H,16,17,19)/t11-/m0/s1. The fourth-order valence-corrected chi connectivity index (χ4v) is 2.62. The number of thiazole rings is 1. The molecule has 0 bridgehead atoms. The smallest absolute Gasteiger partial charge is 0.270 e. The largest absolute Gasteiger partial charge is 0.468 e. The number of nitrogens with one attached hydrogen (secondary N) is 2. The number of rotatable bonds is 6. The summed E-state index contributed by atoms with van der Waals surface area (Å²) in [4.78, 5) is 29.1. The highest BCUT2D eigenvalue weighted by atomic mass is 32.1. The van der Waals surface area contributed by atoms with Crippen molar-refractivity contribution in [2.24, 2.45) is 0 Å². The number of aromatic nitrogens is 1. The van der Waals surface area contributed by atoms with Gasteiger partial charge in [0, 0.05) is 18.8 Å². The van der Waals surface area contributed by atoms with E-state index in [1.165, 1.54) is 18.3 Å². The monoisotopic (exact) mass is 322 g/mol. The van der Waals surface area contributed by atoms with Crippen molar-refractivity contribution in [2.45, 2.75) is 13.0 Å². The first-order valence-corrected chi connectivity index (χ1v) is 7.56. The highest BCUT2D eigenvalue weighted by molar-refractivity contribution is 7.14. The summed E-state index contributed by atoms with van der Waals surface area (Å²) in [6, 6.07) is 3.62. The molecule has 0 aliphatic carbocycles. The van der Waals surface area contributed by atoms with Crippen molar-refractivity contribution in [2.75, 3.05) is 26.0 Å². The van der Waals surface area contributed by atoms with E-state index in [1.54, 1.807) is 11.6 Å². The number of nitrogens with zero attached hydrogens (tertiary/aromatic N) is 2. The lowest BCUT2D eigenvalue weighted by molar-refractivity contribution is -0.114. The summed E-state index contributed by atoms with van der Waals surface area (Å²) in [5.41, 5.74) is 0.283. The predicted octanol–water partition coefficient (Wildman–Crippen LogP) is 1.73. The van der Waals surface area contributed by atoms with E-state index in [2.05, 4.69) is 15.6 Å². The maximum atomic E-state index is 12.1. The van der Waals surface area contributed by atoms with Crippen molar-refractivity contribution in [3.05, 3.63) is 35.2 Å². The summed E-state index contributed by atoms with van der Waals surface area (Å²) in [5.74, 6) is 0.278. The molecule has 1 atom stereocenters. The third-order valence-electron chi connectivity index (χ3n) is 2.97. The minimum atomic E-state index is -0.286. The fourth-order valence-electron chi connectivity index (χ4n) is 1.88. The molecule has 0 radical (unpaired) electrons. The minimum Gasteiger partial charge on any atom is -0.468 e. The number of carbonyl (C=O) groups is 2. The Labute approximate surface area is 132 Å². The van der Waals surface area contributed by atoms with Crippen LogP contribution in [0.25, 0.3) is 0 Å². The SMILES string of the molecule is CC(=O)Nc1nc(C(=O)NC[C@@H](c2ccco2)N(C)C)cs1. The topological polar surface area (TPSA) is 87.5 Å². The zero-order chi connectivity index (χ0) is 16.1. The number of likely N-dealkylation sites (N-methyl/N-ethyl adjacent to an activating group) is 1. The molecule has 0 saturated carbocycles. The van der Waals surface area contributed by atoms with Crippen LogP contribution in [0.5, 0.6) is 0 Å². The minimum absolute atomic E-state index is 0.0626. The number of amides is 2. The normalized spacial score (nSPS) is 12.2. The molecule has 0 aliphatic rings. The second kappa shape index (κ2) is 7.19. The molecule has 8 heteroatoms. The molecule has 0 saturated heterocycles. The van der Waals surface area contributed by atoms with Crippen LogP contribution in [0, 0.1) is 0 Å². The molecule has 0 aromatic carbocycles. The van der Waals surface area contributed by atoms with Crippen LogP contribution in [0.1, 0.15) is 29.2 Å². The van der Waals surface area contributed by atoms with Gasteiger partial charge in [-0.25, -0.2) is 4.98 Å². The molecule has 2 aromatic heterocycles. The third-order valence-corrected chi connectivity index (χ3v) is 3.73. The average Bonchev–Trinajstić information content (AvgIpc) is 3.09. The van der Waals surface area contributed by atoms with Gasteiger partial charge in [0.25, 0.3) is 5.91 Å². The van der Waals surface area contributed by atoms with Crippen molar-refractivity contribution < 1.29 is 14.0 Å². The molecular formula is C14H18N4O3S. The van der Waals surface area contributed by atoms with Gasteiger partial charge in [-0.1, -0.05) is 0 Å². The molecule has 2 N–H and O–H groups in total. The zero-order valence-electron chi connectivity index (χ0n) is 12.6. The van der Waals surface area contributed by atoms with Gasteiger partial charge in [0.05, 0.1) is 12.3 Å². The lowest BCUT2D eigenvalue weighted by Gasteiger charge is -2.22. The van der Waals surface area contributed by atoms with E-state index in [0.29, 0.717) is 11.7 Å². The van der Waals surface area contributed by atoms with Crippen molar-refractivity contribution in [3.63, 3.8) is 0 Å². The highest BCUT2D eigenvalue weighted by Crippen LogP contribution is 2.18. The molecule has 2 amide bonds. The molecule has 0 aliphatic heterocycles. The molecule has 118 valence electrons. The van der Waals surface area contributed by atoms with E-state index < -0.39 is 0 Å². The molecular weight excluding hydrogens is 304 g/mol. The molecule has 22 heavy (non-hydrogen) atoms. The van der Waals surface area contributed by atoms with Crippen LogP contribution in [0.15, 0.2) is 28.2 Å². The van der Waals surface area contributed by atoms with Crippen molar-refractivity contribution in [1.82, 2.24) is 15.2 Å². The summed E-state index contributed by atoms with van der Waals surface area (Å²) >= 11 is 1.21. The maximum Gasteiger partial charge on any atom is 0.270 e. The van der Waals surface area contributed by atoms with Gasteiger partial charge >= 0.3 is 0 Å². The van der Waals surface area contributed by atoms with Gasteiger partial charge in [0.1, 0.15) is 11.5 Å². The molecule has 2 aromatic rings. The van der Waals surface area contributed by atoms with E-state index in [1.807, 2.05) is 31.1 Å². The first kappa shape index (κ1) is 16.2. The third kappa shape index (κ3) is 4.15. The predicted molar refractivity (Wildman–Crippen MR) is 83.9 cm³/mol. The molecule has 7 nitrogen and oxygen atoms in total. The zero-order valence-corrected chi connectivity index (χ0v) is 13.4. The Hall–Kier alpha value is -2.19. The van der Waals surface area contributed by atoms with Crippen LogP contribution in [-0.2, 0) is 4.79 Å². The summed E-state index contributed by atoms with van der Waals surface area (Å²) in [6.07, 6.45) is 1.60. The Morgan fingerprint density at radius 3 is 2.82 bits per heavy atom. The molecule has 0 spiro atoms. The Kier molecular flexibility index (Phi) is 5.29. The number of hydrogen-bond acceptors (Lipinski definition) is 6. The van der Waals surface area contributed by atoms with Gasteiger partial charge in [0.2, 0.25) is 5.91 Å². The van der Waals surface area contributed by atoms with Crippen molar-refractivity contribution >= 4 is 28.3 Å². The Balaban J connectivity index is 1.96. The quantitative estimate of drug-likeness (QED) is 0.845. The number of furan rings is 1. The van der Waals surface area contributed by atoms with Crippen LogP contribution >= 0.6 is 11.3 Å². The van der Waals surface area contributed by atoms with Gasteiger partial charge in [-0.3, -0.25) is 14.5 Å². The van der Waals surface area contributed by atoms with E-state index in [9.17, 15) is 9.59 Å². The Bertz CT molecular complexity index is 636. The molecule has 0 unspecified atom stereocenters. The van der Waals surface area contributed by atoms with Crippen molar-refractivity contribution in [1.29, 1.82) is 0 Å². The average molecular weight is 322 g/mol. The maximum absolute atomic E-state index is 12.1. The van der Waals surface area contributed by atoms with Gasteiger partial charge in [-0.05, 0) is 26.2 Å². The van der Waals surface area contributed by atoms with E-state index in [0.717, 1.165) is 5.76 Å². The molecule has 0 fully saturated rings. The summed E-state index contributed by atoms with van der Waals surface area (Å²) < 4.78 is 5.39. The number of hydrogen-bond donors (Lipinski definition) is 2. The van der Waals surface area contributed by atoms with E-state index in [-0.39, 0.29) is 23.6 Å². The fraction of sp³-hybridized carbons (Fsp3) is 0.357. The number of carbonyl (C=O) groups excluding carboxylic acids is 2. The van der Waals surface area contributed by atoms with Gasteiger partial charge in [-0.15, -0.1) is 11.3 Å². The van der Waals surface area contributed by atoms with Gasteiger partial charge in [-0.2, -0.15) is 0 Å². The van der Waals surface area contributed by atoms with E-state index in [4.69, 9.17) is 4.42 Å². The van der Waals surface area contributed by atoms with Crippen LogP contribution in [-0.4, -0.2) is 42.3 Å². The first-order valence-electron chi connectivity index (χ1n) is 6.68. The molecule has 2 heterocycles. The highest BCUT2D eigenvalue weighted by Gasteiger charge is 2.19. The second-order valence-electron chi connectivity index (χ2n) is 4.92. The van der Waals surface area contributed by atoms with Crippen LogP contribution in [0.4, 0.5) is 5.13 Å². The summed E-state index contributed by atoms with van der Waals surface area (Å²) in [6.45, 7) is 1.79. The Morgan fingerprint density at radius 2 is 2.23 bits per heavy atom. The second-order valence-corrected chi connectivity index (χ2v) is 5.78. The Morgan fingerprint density at radius 1 is 1.45 bits per heavy atom. The lowest BCUT2D eigenvalue weighted by Crippen LogP contribution is -2.34. The van der Waals surface area contributed by atoms with Crippen molar-refractivity contribution in [3.8, 4) is 0 Å². The van der Waals surface area contributed by atoms with Crippen LogP contribution in [0.2, 0.25) is 0 Å². The van der Waals surface area contributed by atoms with Gasteiger partial charge < -0.3 is 15.1 Å². The molecule has 2 rings (SSSR count). The number of anilines is 1. The van der Waals surface area contributed by atoms with Crippen LogP contribution in [0.3, 0.4) is 0 Å².